The summed E-state index contributed by atoms with van der Waals surface area (Å²) in [6.07, 6.45) is -0.426. The molecule has 1 aromatic rings. The Morgan fingerprint density at radius 1 is 1.42 bits per heavy atom. The Hall–Kier alpha value is -2.73. The first-order valence-corrected chi connectivity index (χ1v) is 7.58. The van der Waals surface area contributed by atoms with Crippen molar-refractivity contribution in [3.63, 3.8) is 0 Å². The second kappa shape index (κ2) is 7.23. The number of carbonyl (C=O) groups excluding carboxylic acids is 2. The second-order valence-electron chi connectivity index (χ2n) is 6.39. The second-order valence-corrected chi connectivity index (χ2v) is 6.39. The Labute approximate surface area is 140 Å². The van der Waals surface area contributed by atoms with E-state index < -0.39 is 11.7 Å². The van der Waals surface area contributed by atoms with Crippen LogP contribution in [0, 0.1) is 0 Å². The van der Waals surface area contributed by atoms with E-state index >= 15 is 0 Å². The lowest BCUT2D eigenvalue weighted by atomic mass is 10.1. The molecule has 1 aliphatic rings. The molecule has 0 unspecified atom stereocenters. The van der Waals surface area contributed by atoms with Crippen molar-refractivity contribution in [2.24, 2.45) is 5.11 Å². The largest absolute Gasteiger partial charge is 0.491 e. The van der Waals surface area contributed by atoms with Crippen molar-refractivity contribution in [1.29, 1.82) is 0 Å². The van der Waals surface area contributed by atoms with Gasteiger partial charge in [-0.05, 0) is 44.5 Å². The van der Waals surface area contributed by atoms with Crippen molar-refractivity contribution in [2.45, 2.75) is 32.9 Å². The third kappa shape index (κ3) is 4.63. The number of fused-ring (bicyclic) bond motifs is 1. The molecular weight excluding hydrogens is 312 g/mol. The van der Waals surface area contributed by atoms with Crippen molar-refractivity contribution in [1.82, 2.24) is 4.90 Å². The molecule has 0 N–H and O–H groups in total. The third-order valence-corrected chi connectivity index (χ3v) is 3.29. The predicted molar refractivity (Wildman–Crippen MR) is 86.9 cm³/mol. The lowest BCUT2D eigenvalue weighted by Crippen LogP contribution is -2.37. The minimum atomic E-state index is -0.583. The van der Waals surface area contributed by atoms with E-state index in [1.54, 1.807) is 43.9 Å². The molecule has 2 rings (SSSR count). The number of ether oxygens (including phenoxy) is 2. The van der Waals surface area contributed by atoms with Gasteiger partial charge in [-0.15, -0.1) is 0 Å². The predicted octanol–water partition coefficient (Wildman–Crippen LogP) is 3.31. The molecule has 0 radical (unpaired) electrons. The molecule has 8 nitrogen and oxygen atoms in total. The summed E-state index contributed by atoms with van der Waals surface area (Å²) in [6, 6.07) is 4.97. The Morgan fingerprint density at radius 3 is 2.83 bits per heavy atom. The van der Waals surface area contributed by atoms with Gasteiger partial charge in [0.15, 0.2) is 5.78 Å². The van der Waals surface area contributed by atoms with Gasteiger partial charge in [-0.25, -0.2) is 4.79 Å². The Kier molecular flexibility index (Phi) is 5.31. The zero-order valence-corrected chi connectivity index (χ0v) is 14.0. The van der Waals surface area contributed by atoms with Crippen LogP contribution in [0.1, 0.15) is 36.7 Å². The SMILES string of the molecule is CC(C)(C)OC(=O)N1CCOc2ccc(C(=O)CN=[N+]=[N-])cc2C1. The van der Waals surface area contributed by atoms with Crippen molar-refractivity contribution >= 4 is 11.9 Å². The normalized spacial score (nSPS) is 13.9. The summed E-state index contributed by atoms with van der Waals surface area (Å²) >= 11 is 0. The molecule has 0 atom stereocenters. The number of ketones is 1. The molecule has 8 heteroatoms. The number of Topliss-reactive ketones (excluding diaryl/α,β-unsaturated/α-hetero) is 1. The van der Waals surface area contributed by atoms with Gasteiger partial charge in [0.1, 0.15) is 18.0 Å². The van der Waals surface area contributed by atoms with Crippen molar-refractivity contribution in [2.75, 3.05) is 19.7 Å². The van der Waals surface area contributed by atoms with Gasteiger partial charge in [0.25, 0.3) is 0 Å². The minimum Gasteiger partial charge on any atom is -0.491 e. The molecule has 1 aromatic carbocycles. The van der Waals surface area contributed by atoms with Crippen LogP contribution in [-0.2, 0) is 11.3 Å². The molecule has 1 heterocycles. The van der Waals surface area contributed by atoms with Gasteiger partial charge >= 0.3 is 6.09 Å². The topological polar surface area (TPSA) is 105 Å². The number of amides is 1. The summed E-state index contributed by atoms with van der Waals surface area (Å²) in [5.74, 6) is 0.338. The third-order valence-electron chi connectivity index (χ3n) is 3.29. The van der Waals surface area contributed by atoms with Gasteiger partial charge in [-0.1, -0.05) is 5.11 Å². The molecule has 0 aliphatic carbocycles. The zero-order valence-electron chi connectivity index (χ0n) is 14.0. The van der Waals surface area contributed by atoms with E-state index in [1.807, 2.05) is 0 Å². The molecule has 0 fully saturated rings. The monoisotopic (exact) mass is 332 g/mol. The molecule has 0 saturated heterocycles. The standard InChI is InChI=1S/C16H20N4O4/c1-16(2,3)24-15(22)20-6-7-23-14-5-4-11(8-12(14)10-20)13(21)9-18-19-17/h4-5,8H,6-7,9-10H2,1-3H3. The Bertz CT molecular complexity index is 690. The van der Waals surface area contributed by atoms with Crippen LogP contribution in [0.5, 0.6) is 5.75 Å². The quantitative estimate of drug-likeness (QED) is 0.366. The van der Waals surface area contributed by atoms with Crippen molar-refractivity contribution in [3.8, 4) is 5.75 Å². The van der Waals surface area contributed by atoms with Crippen LogP contribution in [0.25, 0.3) is 10.4 Å². The number of benzene rings is 1. The Morgan fingerprint density at radius 2 is 2.17 bits per heavy atom. The lowest BCUT2D eigenvalue weighted by molar-refractivity contribution is 0.0225. The highest BCUT2D eigenvalue weighted by Crippen LogP contribution is 2.25. The van der Waals surface area contributed by atoms with E-state index in [4.69, 9.17) is 15.0 Å². The Balaban J connectivity index is 2.20. The zero-order chi connectivity index (χ0) is 17.7. The fourth-order valence-electron chi connectivity index (χ4n) is 2.24. The summed E-state index contributed by atoms with van der Waals surface area (Å²) in [6.45, 7) is 6.20. The maximum atomic E-state index is 12.3. The van der Waals surface area contributed by atoms with Crippen LogP contribution in [0.4, 0.5) is 4.79 Å². The molecule has 0 bridgehead atoms. The average molecular weight is 332 g/mol. The highest BCUT2D eigenvalue weighted by molar-refractivity contribution is 5.98. The molecule has 128 valence electrons. The molecule has 0 aromatic heterocycles. The first kappa shape index (κ1) is 17.6. The number of hydrogen-bond donors (Lipinski definition) is 0. The maximum absolute atomic E-state index is 12.3. The van der Waals surface area contributed by atoms with E-state index in [2.05, 4.69) is 10.0 Å². The molecule has 0 saturated carbocycles. The van der Waals surface area contributed by atoms with Crippen LogP contribution in [0.3, 0.4) is 0 Å². The van der Waals surface area contributed by atoms with E-state index in [0.717, 1.165) is 0 Å². The highest BCUT2D eigenvalue weighted by atomic mass is 16.6. The number of hydrogen-bond acceptors (Lipinski definition) is 5. The van der Waals surface area contributed by atoms with Gasteiger partial charge in [0.05, 0.1) is 19.6 Å². The van der Waals surface area contributed by atoms with Crippen molar-refractivity contribution in [3.05, 3.63) is 39.8 Å². The molecule has 24 heavy (non-hydrogen) atoms. The van der Waals surface area contributed by atoms with Gasteiger partial charge in [0, 0.05) is 16.0 Å². The number of azide groups is 1. The fraction of sp³-hybridized carbons (Fsp3) is 0.500. The molecule has 1 aliphatic heterocycles. The highest BCUT2D eigenvalue weighted by Gasteiger charge is 2.25. The first-order valence-electron chi connectivity index (χ1n) is 7.58. The summed E-state index contributed by atoms with van der Waals surface area (Å²) in [5.41, 5.74) is 8.85. The van der Waals surface area contributed by atoms with E-state index in [-0.39, 0.29) is 18.9 Å². The van der Waals surface area contributed by atoms with Crippen molar-refractivity contribution < 1.29 is 19.1 Å². The van der Waals surface area contributed by atoms with Crippen LogP contribution in [0.15, 0.2) is 23.3 Å². The summed E-state index contributed by atoms with van der Waals surface area (Å²) in [7, 11) is 0. The lowest BCUT2D eigenvalue weighted by Gasteiger charge is -2.26. The van der Waals surface area contributed by atoms with Gasteiger partial charge < -0.3 is 14.4 Å². The van der Waals surface area contributed by atoms with Gasteiger partial charge in [-0.2, -0.15) is 0 Å². The maximum Gasteiger partial charge on any atom is 0.410 e. The average Bonchev–Trinajstić information content (AvgIpc) is 2.72. The molecule has 1 amide bonds. The molecule has 0 spiro atoms. The minimum absolute atomic E-state index is 0.244. The summed E-state index contributed by atoms with van der Waals surface area (Å²) in [4.78, 5) is 28.4. The smallest absolute Gasteiger partial charge is 0.410 e. The van der Waals surface area contributed by atoms with Gasteiger partial charge in [0.2, 0.25) is 0 Å². The number of carbonyl (C=O) groups is 2. The van der Waals surface area contributed by atoms with E-state index in [1.165, 1.54) is 0 Å². The van der Waals surface area contributed by atoms with E-state index in [9.17, 15) is 9.59 Å². The fourth-order valence-corrected chi connectivity index (χ4v) is 2.24. The number of rotatable bonds is 3. The molecular formula is C16H20N4O4. The first-order chi connectivity index (χ1) is 11.3. The van der Waals surface area contributed by atoms with Gasteiger partial charge in [-0.3, -0.25) is 4.79 Å². The van der Waals surface area contributed by atoms with Crippen LogP contribution < -0.4 is 4.74 Å². The van der Waals surface area contributed by atoms with Crippen LogP contribution in [-0.4, -0.2) is 42.1 Å². The summed E-state index contributed by atoms with van der Waals surface area (Å²) in [5, 5.41) is 3.28. The number of nitrogens with zero attached hydrogens (tertiary/aromatic N) is 4. The summed E-state index contributed by atoms with van der Waals surface area (Å²) < 4.78 is 11.0. The van der Waals surface area contributed by atoms with E-state index in [0.29, 0.717) is 30.0 Å². The van der Waals surface area contributed by atoms with Crippen LogP contribution in [0.2, 0.25) is 0 Å². The van der Waals surface area contributed by atoms with Crippen LogP contribution >= 0.6 is 0 Å².